The lowest BCUT2D eigenvalue weighted by Gasteiger charge is -2.15. The molecule has 3 rings (SSSR count). The first kappa shape index (κ1) is 20.3. The van der Waals surface area contributed by atoms with Crippen LogP contribution in [0, 0.1) is 6.92 Å². The Kier molecular flexibility index (Phi) is 6.69. The van der Waals surface area contributed by atoms with Crippen molar-refractivity contribution in [2.75, 3.05) is 10.6 Å². The van der Waals surface area contributed by atoms with Crippen LogP contribution in [0.25, 0.3) is 0 Å². The van der Waals surface area contributed by atoms with Crippen molar-refractivity contribution in [3.05, 3.63) is 42.1 Å². The molecule has 0 aliphatic heterocycles. The minimum atomic E-state index is -0.306. The van der Waals surface area contributed by atoms with Gasteiger partial charge in [-0.1, -0.05) is 42.2 Å². The van der Waals surface area contributed by atoms with E-state index in [-0.39, 0.29) is 17.2 Å². The minimum absolute atomic E-state index is 0.0848. The summed E-state index contributed by atoms with van der Waals surface area (Å²) < 4.78 is 2.58. The molecule has 0 radical (unpaired) electrons. The molecule has 0 saturated heterocycles. The fourth-order valence-electron chi connectivity index (χ4n) is 2.52. The summed E-state index contributed by atoms with van der Waals surface area (Å²) in [5, 5.41) is 19.3. The van der Waals surface area contributed by atoms with Crippen molar-refractivity contribution >= 4 is 45.6 Å². The standard InChI is InChI=1S/C19H24N6OS2/c1-5-13(3)25-16(9-10-20-25)22-17(26)14(4)27-19-24-23-18(28-19)21-15-8-6-7-12(2)11-15/h6-11,13-14H,5H2,1-4H3,(H,21,23)(H,22,26)/t13-,14+/m1/s1. The highest BCUT2D eigenvalue weighted by molar-refractivity contribution is 8.02. The van der Waals surface area contributed by atoms with Gasteiger partial charge < -0.3 is 10.6 Å². The zero-order chi connectivity index (χ0) is 20.1. The topological polar surface area (TPSA) is 84.7 Å². The van der Waals surface area contributed by atoms with E-state index in [1.165, 1.54) is 28.7 Å². The molecule has 2 aromatic heterocycles. The number of thioether (sulfide) groups is 1. The molecule has 0 spiro atoms. The van der Waals surface area contributed by atoms with Gasteiger partial charge in [-0.05, 0) is 44.9 Å². The van der Waals surface area contributed by atoms with E-state index in [1.54, 1.807) is 6.20 Å². The van der Waals surface area contributed by atoms with Gasteiger partial charge in [0, 0.05) is 11.8 Å². The third-order valence-electron chi connectivity index (χ3n) is 4.25. The van der Waals surface area contributed by atoms with Gasteiger partial charge in [0.05, 0.1) is 17.5 Å². The lowest BCUT2D eigenvalue weighted by molar-refractivity contribution is -0.115. The molecular weight excluding hydrogens is 392 g/mol. The van der Waals surface area contributed by atoms with Crippen molar-refractivity contribution in [1.82, 2.24) is 20.0 Å². The van der Waals surface area contributed by atoms with Gasteiger partial charge in [0.2, 0.25) is 11.0 Å². The van der Waals surface area contributed by atoms with E-state index in [0.717, 1.165) is 16.4 Å². The van der Waals surface area contributed by atoms with Crippen LogP contribution in [0.3, 0.4) is 0 Å². The quantitative estimate of drug-likeness (QED) is 0.509. The average Bonchev–Trinajstić information content (AvgIpc) is 3.30. The molecule has 28 heavy (non-hydrogen) atoms. The summed E-state index contributed by atoms with van der Waals surface area (Å²) in [7, 11) is 0. The van der Waals surface area contributed by atoms with E-state index in [0.29, 0.717) is 10.9 Å². The molecule has 3 aromatic rings. The molecule has 0 saturated carbocycles. The number of anilines is 3. The SMILES string of the molecule is CC[C@@H](C)n1nccc1NC(=O)[C@H](C)Sc1nnc(Nc2cccc(C)c2)s1. The number of hydrogen-bond donors (Lipinski definition) is 2. The Morgan fingerprint density at radius 2 is 2.11 bits per heavy atom. The van der Waals surface area contributed by atoms with Gasteiger partial charge in [0.15, 0.2) is 4.34 Å². The summed E-state index contributed by atoms with van der Waals surface area (Å²) in [6.45, 7) is 8.07. The van der Waals surface area contributed by atoms with Gasteiger partial charge in [-0.3, -0.25) is 4.79 Å². The van der Waals surface area contributed by atoms with Gasteiger partial charge in [-0.2, -0.15) is 5.10 Å². The average molecular weight is 417 g/mol. The Balaban J connectivity index is 1.59. The molecule has 2 heterocycles. The number of carbonyl (C=O) groups excluding carboxylic acids is 1. The number of aryl methyl sites for hydroxylation is 1. The van der Waals surface area contributed by atoms with E-state index in [1.807, 2.05) is 48.9 Å². The summed E-state index contributed by atoms with van der Waals surface area (Å²) in [5.74, 6) is 0.629. The van der Waals surface area contributed by atoms with Gasteiger partial charge in [-0.25, -0.2) is 4.68 Å². The second-order valence-corrected chi connectivity index (χ2v) is 9.10. The lowest BCUT2D eigenvalue weighted by Crippen LogP contribution is -2.24. The van der Waals surface area contributed by atoms with Gasteiger partial charge in [-0.15, -0.1) is 10.2 Å². The Morgan fingerprint density at radius 3 is 2.86 bits per heavy atom. The van der Waals surface area contributed by atoms with Crippen LogP contribution >= 0.6 is 23.1 Å². The first-order chi connectivity index (χ1) is 13.5. The zero-order valence-electron chi connectivity index (χ0n) is 16.3. The molecule has 0 bridgehead atoms. The van der Waals surface area contributed by atoms with Crippen molar-refractivity contribution < 1.29 is 4.79 Å². The van der Waals surface area contributed by atoms with E-state index in [9.17, 15) is 4.79 Å². The normalized spacial score (nSPS) is 13.1. The van der Waals surface area contributed by atoms with Crippen LogP contribution in [0.1, 0.15) is 38.8 Å². The van der Waals surface area contributed by atoms with E-state index in [2.05, 4.69) is 39.8 Å². The molecule has 2 N–H and O–H groups in total. The lowest BCUT2D eigenvalue weighted by atomic mass is 10.2. The zero-order valence-corrected chi connectivity index (χ0v) is 18.0. The molecule has 2 atom stereocenters. The van der Waals surface area contributed by atoms with Crippen molar-refractivity contribution in [3.63, 3.8) is 0 Å². The van der Waals surface area contributed by atoms with Crippen molar-refractivity contribution in [2.24, 2.45) is 0 Å². The number of amides is 1. The van der Waals surface area contributed by atoms with Crippen LogP contribution < -0.4 is 10.6 Å². The third-order valence-corrected chi connectivity index (χ3v) is 6.28. The maximum absolute atomic E-state index is 12.6. The highest BCUT2D eigenvalue weighted by Crippen LogP contribution is 2.31. The predicted molar refractivity (Wildman–Crippen MR) is 116 cm³/mol. The van der Waals surface area contributed by atoms with E-state index in [4.69, 9.17) is 0 Å². The van der Waals surface area contributed by atoms with Crippen LogP contribution in [-0.2, 0) is 4.79 Å². The van der Waals surface area contributed by atoms with Gasteiger partial charge in [0.25, 0.3) is 0 Å². The Labute approximate surface area is 173 Å². The number of rotatable bonds is 8. The highest BCUT2D eigenvalue weighted by Gasteiger charge is 2.19. The second-order valence-electron chi connectivity index (χ2n) is 6.54. The molecule has 1 amide bonds. The molecule has 148 valence electrons. The van der Waals surface area contributed by atoms with Crippen LogP contribution in [0.5, 0.6) is 0 Å². The highest BCUT2D eigenvalue weighted by atomic mass is 32.2. The summed E-state index contributed by atoms with van der Waals surface area (Å²) >= 11 is 2.82. The van der Waals surface area contributed by atoms with E-state index >= 15 is 0 Å². The maximum atomic E-state index is 12.6. The monoisotopic (exact) mass is 416 g/mol. The molecule has 1 aromatic carbocycles. The summed E-state index contributed by atoms with van der Waals surface area (Å²) in [5.41, 5.74) is 2.14. The number of hydrogen-bond acceptors (Lipinski definition) is 7. The molecule has 9 heteroatoms. The smallest absolute Gasteiger partial charge is 0.238 e. The first-order valence-electron chi connectivity index (χ1n) is 9.14. The molecule has 0 fully saturated rings. The van der Waals surface area contributed by atoms with Crippen molar-refractivity contribution in [2.45, 2.75) is 49.7 Å². The van der Waals surface area contributed by atoms with Gasteiger partial charge in [0.1, 0.15) is 5.82 Å². The number of nitrogens with one attached hydrogen (secondary N) is 2. The number of benzene rings is 1. The molecule has 0 aliphatic rings. The Bertz CT molecular complexity index is 938. The first-order valence-corrected chi connectivity index (χ1v) is 10.8. The Morgan fingerprint density at radius 1 is 1.29 bits per heavy atom. The molecule has 0 unspecified atom stereocenters. The molecular formula is C19H24N6OS2. The largest absolute Gasteiger partial charge is 0.330 e. The van der Waals surface area contributed by atoms with Crippen molar-refractivity contribution in [3.8, 4) is 0 Å². The van der Waals surface area contributed by atoms with Gasteiger partial charge >= 0.3 is 0 Å². The summed E-state index contributed by atoms with van der Waals surface area (Å²) in [6, 6.07) is 10.1. The summed E-state index contributed by atoms with van der Waals surface area (Å²) in [6.07, 6.45) is 2.64. The fraction of sp³-hybridized carbons (Fsp3) is 0.368. The summed E-state index contributed by atoms with van der Waals surface area (Å²) in [4.78, 5) is 12.6. The third kappa shape index (κ3) is 5.11. The van der Waals surface area contributed by atoms with E-state index < -0.39 is 0 Å². The maximum Gasteiger partial charge on any atom is 0.238 e. The molecule has 7 nitrogen and oxygen atoms in total. The van der Waals surface area contributed by atoms with Crippen molar-refractivity contribution in [1.29, 1.82) is 0 Å². The predicted octanol–water partition coefficient (Wildman–Crippen LogP) is 4.88. The minimum Gasteiger partial charge on any atom is -0.330 e. The number of aromatic nitrogens is 4. The van der Waals surface area contributed by atoms with Crippen LogP contribution in [0.15, 0.2) is 40.9 Å². The van der Waals surface area contributed by atoms with Crippen LogP contribution in [0.2, 0.25) is 0 Å². The number of nitrogens with zero attached hydrogens (tertiary/aromatic N) is 4. The van der Waals surface area contributed by atoms with Crippen LogP contribution in [-0.4, -0.2) is 31.1 Å². The Hall–Kier alpha value is -2.39. The van der Waals surface area contributed by atoms with Crippen LogP contribution in [0.4, 0.5) is 16.6 Å². The number of carbonyl (C=O) groups is 1. The molecule has 0 aliphatic carbocycles. The second kappa shape index (κ2) is 9.20. The fourth-order valence-corrected chi connectivity index (χ4v) is 4.44.